The summed E-state index contributed by atoms with van der Waals surface area (Å²) in [6.45, 7) is 7.02. The number of rotatable bonds is 5. The standard InChI is InChI=1S/C23H30N2S/c1-18-6-5-7-20(14-18)17-25-12-10-19(11-13-25)16-24(2)23-15-21-8-3-4-9-22(21)26-23/h3-9,14,19,23H,10-13,15-17H2,1-2H3. The largest absolute Gasteiger partial charge is 0.299 e. The highest BCUT2D eigenvalue weighted by Gasteiger charge is 2.28. The molecule has 2 aliphatic rings. The Hall–Kier alpha value is -1.29. The van der Waals surface area contributed by atoms with Gasteiger partial charge in [0.15, 0.2) is 0 Å². The molecule has 1 unspecified atom stereocenters. The second kappa shape index (κ2) is 8.16. The Bertz CT molecular complexity index is 711. The van der Waals surface area contributed by atoms with E-state index in [2.05, 4.69) is 84.1 Å². The summed E-state index contributed by atoms with van der Waals surface area (Å²) in [4.78, 5) is 6.72. The average Bonchev–Trinajstić information content (AvgIpc) is 3.08. The molecule has 2 heterocycles. The first kappa shape index (κ1) is 18.1. The van der Waals surface area contributed by atoms with E-state index in [9.17, 15) is 0 Å². The van der Waals surface area contributed by atoms with Crippen LogP contribution in [-0.4, -0.2) is 41.9 Å². The van der Waals surface area contributed by atoms with E-state index >= 15 is 0 Å². The average molecular weight is 367 g/mol. The third kappa shape index (κ3) is 4.33. The van der Waals surface area contributed by atoms with Crippen LogP contribution in [0.1, 0.15) is 29.5 Å². The van der Waals surface area contributed by atoms with Crippen molar-refractivity contribution in [2.45, 2.75) is 43.0 Å². The van der Waals surface area contributed by atoms with Gasteiger partial charge in [0.25, 0.3) is 0 Å². The molecule has 0 amide bonds. The molecule has 1 saturated heterocycles. The van der Waals surface area contributed by atoms with Crippen molar-refractivity contribution in [2.75, 3.05) is 26.7 Å². The lowest BCUT2D eigenvalue weighted by Gasteiger charge is -2.35. The molecule has 0 bridgehead atoms. The number of fused-ring (bicyclic) bond motifs is 1. The minimum absolute atomic E-state index is 0.623. The predicted octanol–water partition coefficient (Wildman–Crippen LogP) is 4.81. The summed E-state index contributed by atoms with van der Waals surface area (Å²) in [5.74, 6) is 0.845. The maximum Gasteiger partial charge on any atom is 0.0643 e. The van der Waals surface area contributed by atoms with Crippen molar-refractivity contribution in [3.05, 3.63) is 65.2 Å². The number of likely N-dealkylation sites (tertiary alicyclic amines) is 1. The molecule has 2 nitrogen and oxygen atoms in total. The van der Waals surface area contributed by atoms with Gasteiger partial charge in [-0.2, -0.15) is 0 Å². The molecule has 0 saturated carbocycles. The number of benzene rings is 2. The number of hydrogen-bond donors (Lipinski definition) is 0. The fourth-order valence-corrected chi connectivity index (χ4v) is 5.61. The van der Waals surface area contributed by atoms with Crippen LogP contribution in [0, 0.1) is 12.8 Å². The number of hydrogen-bond acceptors (Lipinski definition) is 3. The lowest BCUT2D eigenvalue weighted by Crippen LogP contribution is -2.39. The van der Waals surface area contributed by atoms with Gasteiger partial charge in [-0.1, -0.05) is 48.0 Å². The highest BCUT2D eigenvalue weighted by atomic mass is 32.2. The highest BCUT2D eigenvalue weighted by molar-refractivity contribution is 8.00. The van der Waals surface area contributed by atoms with E-state index in [4.69, 9.17) is 0 Å². The second-order valence-corrected chi connectivity index (χ2v) is 9.25. The summed E-state index contributed by atoms with van der Waals surface area (Å²) in [6.07, 6.45) is 3.87. The molecule has 0 N–H and O–H groups in total. The van der Waals surface area contributed by atoms with Gasteiger partial charge in [-0.3, -0.25) is 9.80 Å². The lowest BCUT2D eigenvalue weighted by atomic mass is 9.95. The summed E-state index contributed by atoms with van der Waals surface area (Å²) in [7, 11) is 2.32. The monoisotopic (exact) mass is 366 g/mol. The Labute approximate surface area is 162 Å². The molecule has 4 rings (SSSR count). The van der Waals surface area contributed by atoms with Crippen LogP contribution >= 0.6 is 11.8 Å². The number of aryl methyl sites for hydroxylation is 1. The number of piperidine rings is 1. The van der Waals surface area contributed by atoms with Crippen LogP contribution in [0.15, 0.2) is 53.4 Å². The van der Waals surface area contributed by atoms with Crippen molar-refractivity contribution in [2.24, 2.45) is 5.92 Å². The maximum absolute atomic E-state index is 2.63. The van der Waals surface area contributed by atoms with Crippen molar-refractivity contribution in [3.63, 3.8) is 0 Å². The molecule has 1 atom stereocenters. The van der Waals surface area contributed by atoms with E-state index in [1.165, 1.54) is 60.5 Å². The van der Waals surface area contributed by atoms with Crippen LogP contribution in [0.4, 0.5) is 0 Å². The molecular weight excluding hydrogens is 336 g/mol. The molecule has 3 heteroatoms. The molecule has 0 aromatic heterocycles. The van der Waals surface area contributed by atoms with Crippen LogP contribution in [0.5, 0.6) is 0 Å². The SMILES string of the molecule is Cc1cccc(CN2CCC(CN(C)C3Cc4ccccc4S3)CC2)c1. The predicted molar refractivity (Wildman–Crippen MR) is 112 cm³/mol. The van der Waals surface area contributed by atoms with Crippen LogP contribution in [-0.2, 0) is 13.0 Å². The van der Waals surface area contributed by atoms with E-state index < -0.39 is 0 Å². The Kier molecular flexibility index (Phi) is 5.68. The first-order chi connectivity index (χ1) is 12.7. The fourth-order valence-electron chi connectivity index (χ4n) is 4.33. The third-order valence-electron chi connectivity index (χ3n) is 5.86. The maximum atomic E-state index is 2.63. The van der Waals surface area contributed by atoms with E-state index in [0.717, 1.165) is 12.5 Å². The molecule has 138 valence electrons. The minimum Gasteiger partial charge on any atom is -0.299 e. The lowest BCUT2D eigenvalue weighted by molar-refractivity contribution is 0.146. The first-order valence-electron chi connectivity index (χ1n) is 9.90. The zero-order chi connectivity index (χ0) is 17.9. The van der Waals surface area contributed by atoms with Gasteiger partial charge < -0.3 is 0 Å². The topological polar surface area (TPSA) is 6.48 Å². The van der Waals surface area contributed by atoms with Gasteiger partial charge in [-0.25, -0.2) is 0 Å². The van der Waals surface area contributed by atoms with E-state index in [-0.39, 0.29) is 0 Å². The third-order valence-corrected chi connectivity index (χ3v) is 7.31. The molecular formula is C23H30N2S. The smallest absolute Gasteiger partial charge is 0.0643 e. The zero-order valence-corrected chi connectivity index (χ0v) is 16.8. The number of nitrogens with zero attached hydrogens (tertiary/aromatic N) is 2. The molecule has 26 heavy (non-hydrogen) atoms. The van der Waals surface area contributed by atoms with Crippen LogP contribution in [0.3, 0.4) is 0 Å². The van der Waals surface area contributed by atoms with E-state index in [0.29, 0.717) is 5.37 Å². The zero-order valence-electron chi connectivity index (χ0n) is 16.0. The van der Waals surface area contributed by atoms with E-state index in [1.54, 1.807) is 0 Å². The normalized spacial score (nSPS) is 21.3. The Morgan fingerprint density at radius 2 is 1.88 bits per heavy atom. The van der Waals surface area contributed by atoms with E-state index in [1.807, 2.05) is 0 Å². The van der Waals surface area contributed by atoms with Crippen molar-refractivity contribution in [1.29, 1.82) is 0 Å². The summed E-state index contributed by atoms with van der Waals surface area (Å²) in [6, 6.07) is 17.9. The summed E-state index contributed by atoms with van der Waals surface area (Å²) < 4.78 is 0. The Balaban J connectivity index is 1.24. The molecule has 2 aliphatic heterocycles. The fraction of sp³-hybridized carbons (Fsp3) is 0.478. The summed E-state index contributed by atoms with van der Waals surface area (Å²) in [5, 5.41) is 0.623. The van der Waals surface area contributed by atoms with Crippen molar-refractivity contribution < 1.29 is 0 Å². The molecule has 2 aromatic rings. The van der Waals surface area contributed by atoms with Gasteiger partial charge in [0.05, 0.1) is 5.37 Å². The van der Waals surface area contributed by atoms with Crippen LogP contribution in [0.25, 0.3) is 0 Å². The Morgan fingerprint density at radius 1 is 1.08 bits per heavy atom. The van der Waals surface area contributed by atoms with Crippen molar-refractivity contribution >= 4 is 11.8 Å². The van der Waals surface area contributed by atoms with Gasteiger partial charge in [-0.15, -0.1) is 11.8 Å². The van der Waals surface area contributed by atoms with Gasteiger partial charge in [0.1, 0.15) is 0 Å². The van der Waals surface area contributed by atoms with Crippen LogP contribution < -0.4 is 0 Å². The van der Waals surface area contributed by atoms with Gasteiger partial charge in [0, 0.05) is 18.0 Å². The van der Waals surface area contributed by atoms with Crippen LogP contribution in [0.2, 0.25) is 0 Å². The van der Waals surface area contributed by atoms with Gasteiger partial charge in [-0.05, 0) is 69.4 Å². The molecule has 0 aliphatic carbocycles. The highest BCUT2D eigenvalue weighted by Crippen LogP contribution is 2.38. The summed E-state index contributed by atoms with van der Waals surface area (Å²) >= 11 is 2.05. The van der Waals surface area contributed by atoms with Gasteiger partial charge in [0.2, 0.25) is 0 Å². The number of thioether (sulfide) groups is 1. The summed E-state index contributed by atoms with van der Waals surface area (Å²) in [5.41, 5.74) is 4.36. The Morgan fingerprint density at radius 3 is 2.65 bits per heavy atom. The first-order valence-corrected chi connectivity index (χ1v) is 10.8. The molecule has 2 aromatic carbocycles. The van der Waals surface area contributed by atoms with Crippen molar-refractivity contribution in [3.8, 4) is 0 Å². The minimum atomic E-state index is 0.623. The number of likely N-dealkylation sites (N-methyl/N-ethyl adjacent to an activating group) is 1. The quantitative estimate of drug-likeness (QED) is 0.749. The molecule has 0 radical (unpaired) electrons. The second-order valence-electron chi connectivity index (χ2n) is 8.03. The molecule has 1 fully saturated rings. The molecule has 0 spiro atoms. The van der Waals surface area contributed by atoms with Gasteiger partial charge >= 0.3 is 0 Å². The van der Waals surface area contributed by atoms with Crippen molar-refractivity contribution in [1.82, 2.24) is 9.80 Å².